The summed E-state index contributed by atoms with van der Waals surface area (Å²) in [5, 5.41) is 14.3. The fourth-order valence-corrected chi connectivity index (χ4v) is 1.64. The second kappa shape index (κ2) is 7.95. The molecule has 0 rings (SSSR count). The average molecular weight is 258 g/mol. The number of urea groups is 1. The highest BCUT2D eigenvalue weighted by molar-refractivity contribution is 5.76. The minimum atomic E-state index is -0.907. The summed E-state index contributed by atoms with van der Waals surface area (Å²) >= 11 is 0. The highest BCUT2D eigenvalue weighted by Crippen LogP contribution is 2.09. The van der Waals surface area contributed by atoms with Crippen LogP contribution < -0.4 is 10.6 Å². The van der Waals surface area contributed by atoms with Crippen molar-refractivity contribution in [2.75, 3.05) is 0 Å². The predicted molar refractivity (Wildman–Crippen MR) is 71.5 cm³/mol. The van der Waals surface area contributed by atoms with Gasteiger partial charge in [0.1, 0.15) is 0 Å². The van der Waals surface area contributed by atoms with Crippen LogP contribution in [0, 0.1) is 11.8 Å². The molecule has 0 saturated heterocycles. The predicted octanol–water partition coefficient (Wildman–Crippen LogP) is 2.22. The van der Waals surface area contributed by atoms with Crippen molar-refractivity contribution in [3.05, 3.63) is 0 Å². The summed E-state index contributed by atoms with van der Waals surface area (Å²) in [5.74, 6) is -0.938. The molecule has 0 aliphatic rings. The zero-order valence-corrected chi connectivity index (χ0v) is 12.0. The van der Waals surface area contributed by atoms with Gasteiger partial charge in [0.25, 0.3) is 0 Å². The van der Waals surface area contributed by atoms with Crippen LogP contribution in [0.2, 0.25) is 0 Å². The third-order valence-electron chi connectivity index (χ3n) is 3.33. The van der Waals surface area contributed by atoms with Gasteiger partial charge in [-0.05, 0) is 33.1 Å². The van der Waals surface area contributed by atoms with Crippen molar-refractivity contribution in [3.8, 4) is 0 Å². The molecule has 4 unspecified atom stereocenters. The lowest BCUT2D eigenvalue weighted by molar-refractivity contribution is -0.141. The Morgan fingerprint density at radius 3 is 2.11 bits per heavy atom. The van der Waals surface area contributed by atoms with E-state index in [-0.39, 0.29) is 12.1 Å². The van der Waals surface area contributed by atoms with E-state index in [2.05, 4.69) is 24.5 Å². The first-order chi connectivity index (χ1) is 8.27. The third kappa shape index (κ3) is 6.47. The Balaban J connectivity index is 4.07. The first-order valence-electron chi connectivity index (χ1n) is 6.57. The summed E-state index contributed by atoms with van der Waals surface area (Å²) in [5.41, 5.74) is 0. The Hall–Kier alpha value is -1.26. The molecule has 18 heavy (non-hydrogen) atoms. The summed E-state index contributed by atoms with van der Waals surface area (Å²) in [6.07, 6.45) is 2.01. The fraction of sp³-hybridized carbons (Fsp3) is 0.846. The molecule has 5 nitrogen and oxygen atoms in total. The number of hydrogen-bond donors (Lipinski definition) is 3. The Bertz CT molecular complexity index is 281. The summed E-state index contributed by atoms with van der Waals surface area (Å²) in [6.45, 7) is 9.49. The summed E-state index contributed by atoms with van der Waals surface area (Å²) in [7, 11) is 0. The molecule has 0 aromatic rings. The van der Waals surface area contributed by atoms with E-state index < -0.39 is 17.9 Å². The van der Waals surface area contributed by atoms with E-state index in [1.165, 1.54) is 0 Å². The van der Waals surface area contributed by atoms with Gasteiger partial charge in [-0.1, -0.05) is 20.3 Å². The normalized spacial score (nSPS) is 17.4. The van der Waals surface area contributed by atoms with Crippen LogP contribution in [0.4, 0.5) is 4.79 Å². The number of amides is 2. The fourth-order valence-electron chi connectivity index (χ4n) is 1.64. The van der Waals surface area contributed by atoms with E-state index in [0.29, 0.717) is 5.92 Å². The molecule has 0 aromatic heterocycles. The topological polar surface area (TPSA) is 78.4 Å². The van der Waals surface area contributed by atoms with Gasteiger partial charge in [-0.3, -0.25) is 4.79 Å². The molecule has 0 aromatic carbocycles. The van der Waals surface area contributed by atoms with Crippen molar-refractivity contribution in [2.45, 2.75) is 59.5 Å². The lowest BCUT2D eigenvalue weighted by Crippen LogP contribution is -2.48. The van der Waals surface area contributed by atoms with Crippen molar-refractivity contribution in [1.29, 1.82) is 0 Å². The van der Waals surface area contributed by atoms with Crippen LogP contribution in [-0.2, 0) is 4.79 Å². The van der Waals surface area contributed by atoms with Crippen LogP contribution in [0.25, 0.3) is 0 Å². The maximum Gasteiger partial charge on any atom is 0.315 e. The molecule has 0 radical (unpaired) electrons. The van der Waals surface area contributed by atoms with Gasteiger partial charge in [0.2, 0.25) is 0 Å². The average Bonchev–Trinajstić information content (AvgIpc) is 2.26. The Morgan fingerprint density at radius 1 is 1.11 bits per heavy atom. The molecule has 0 saturated carbocycles. The van der Waals surface area contributed by atoms with Gasteiger partial charge in [-0.2, -0.15) is 0 Å². The quantitative estimate of drug-likeness (QED) is 0.655. The van der Waals surface area contributed by atoms with E-state index in [1.807, 2.05) is 6.92 Å². The van der Waals surface area contributed by atoms with E-state index in [4.69, 9.17) is 5.11 Å². The molecular formula is C13H26N2O3. The molecule has 0 aliphatic heterocycles. The van der Waals surface area contributed by atoms with Crippen LogP contribution in [0.15, 0.2) is 0 Å². The van der Waals surface area contributed by atoms with Crippen molar-refractivity contribution in [1.82, 2.24) is 10.6 Å². The summed E-state index contributed by atoms with van der Waals surface area (Å²) < 4.78 is 0. The van der Waals surface area contributed by atoms with Crippen LogP contribution >= 0.6 is 0 Å². The second-order valence-corrected chi connectivity index (χ2v) is 5.18. The summed E-state index contributed by atoms with van der Waals surface area (Å²) in [4.78, 5) is 22.4. The first-order valence-corrected chi connectivity index (χ1v) is 6.57. The van der Waals surface area contributed by atoms with Gasteiger partial charge >= 0.3 is 12.0 Å². The smallest absolute Gasteiger partial charge is 0.315 e. The Labute approximate surface area is 109 Å². The van der Waals surface area contributed by atoms with Gasteiger partial charge in [0.15, 0.2) is 0 Å². The van der Waals surface area contributed by atoms with Crippen molar-refractivity contribution in [3.63, 3.8) is 0 Å². The number of rotatable bonds is 7. The maximum atomic E-state index is 11.6. The maximum absolute atomic E-state index is 11.6. The van der Waals surface area contributed by atoms with Gasteiger partial charge < -0.3 is 15.7 Å². The Morgan fingerprint density at radius 2 is 1.67 bits per heavy atom. The van der Waals surface area contributed by atoms with Crippen molar-refractivity contribution >= 4 is 12.0 Å². The molecule has 0 spiro atoms. The molecule has 0 aliphatic carbocycles. The molecular weight excluding hydrogens is 232 g/mol. The molecule has 2 amide bonds. The minimum Gasteiger partial charge on any atom is -0.481 e. The number of carboxylic acid groups (broad SMARTS) is 1. The van der Waals surface area contributed by atoms with Gasteiger partial charge in [0.05, 0.1) is 5.92 Å². The number of carboxylic acids is 1. The Kier molecular flexibility index (Phi) is 7.39. The van der Waals surface area contributed by atoms with Crippen LogP contribution in [0.1, 0.15) is 47.5 Å². The van der Waals surface area contributed by atoms with E-state index >= 15 is 0 Å². The van der Waals surface area contributed by atoms with Crippen LogP contribution in [0.3, 0.4) is 0 Å². The molecule has 0 heterocycles. The zero-order chi connectivity index (χ0) is 14.3. The monoisotopic (exact) mass is 258 g/mol. The second-order valence-electron chi connectivity index (χ2n) is 5.18. The standard InChI is InChI=1S/C13H26N2O3/c1-6-8(2)7-9(3)14-13(18)15-11(5)10(4)12(16)17/h8-11H,6-7H2,1-5H3,(H,16,17)(H2,14,15,18). The van der Waals surface area contributed by atoms with Gasteiger partial charge in [-0.25, -0.2) is 4.79 Å². The van der Waals surface area contributed by atoms with E-state index in [0.717, 1.165) is 12.8 Å². The van der Waals surface area contributed by atoms with Crippen LogP contribution in [-0.4, -0.2) is 29.2 Å². The number of aliphatic carboxylic acids is 1. The molecule has 5 heteroatoms. The first kappa shape index (κ1) is 16.7. The lowest BCUT2D eigenvalue weighted by Gasteiger charge is -2.21. The van der Waals surface area contributed by atoms with Gasteiger partial charge in [-0.15, -0.1) is 0 Å². The number of hydrogen-bond acceptors (Lipinski definition) is 2. The van der Waals surface area contributed by atoms with Gasteiger partial charge in [0, 0.05) is 12.1 Å². The molecule has 3 N–H and O–H groups in total. The molecule has 0 fully saturated rings. The van der Waals surface area contributed by atoms with Crippen LogP contribution in [0.5, 0.6) is 0 Å². The highest BCUT2D eigenvalue weighted by atomic mass is 16.4. The number of carbonyl (C=O) groups is 2. The largest absolute Gasteiger partial charge is 0.481 e. The third-order valence-corrected chi connectivity index (χ3v) is 3.33. The minimum absolute atomic E-state index is 0.0901. The number of nitrogens with one attached hydrogen (secondary N) is 2. The molecule has 4 atom stereocenters. The SMILES string of the molecule is CCC(C)CC(C)NC(=O)NC(C)C(C)C(=O)O. The summed E-state index contributed by atoms with van der Waals surface area (Å²) in [6, 6.07) is -0.600. The zero-order valence-electron chi connectivity index (χ0n) is 12.0. The molecule has 0 bridgehead atoms. The van der Waals surface area contributed by atoms with E-state index in [9.17, 15) is 9.59 Å². The van der Waals surface area contributed by atoms with Crippen molar-refractivity contribution < 1.29 is 14.7 Å². The van der Waals surface area contributed by atoms with E-state index in [1.54, 1.807) is 13.8 Å². The lowest BCUT2D eigenvalue weighted by atomic mass is 10.0. The number of carbonyl (C=O) groups excluding carboxylic acids is 1. The van der Waals surface area contributed by atoms with Crippen molar-refractivity contribution in [2.24, 2.45) is 11.8 Å². The molecule has 106 valence electrons. The highest BCUT2D eigenvalue weighted by Gasteiger charge is 2.21.